The maximum atomic E-state index is 8.66. The highest BCUT2D eigenvalue weighted by molar-refractivity contribution is 6.32. The topological polar surface area (TPSA) is 70.3 Å². The van der Waals surface area contributed by atoms with Crippen molar-refractivity contribution in [3.05, 3.63) is 52.3 Å². The van der Waals surface area contributed by atoms with Crippen LogP contribution in [0.15, 0.2) is 41.4 Å². The van der Waals surface area contributed by atoms with Crippen LogP contribution in [0.5, 0.6) is 0 Å². The fourth-order valence-electron chi connectivity index (χ4n) is 1.31. The predicted octanol–water partition coefficient (Wildman–Crippen LogP) is 3.46. The number of hydrogen-bond acceptors (Lipinski definition) is 4. The number of halogens is 2. The zero-order valence-corrected chi connectivity index (χ0v) is 12.9. The van der Waals surface area contributed by atoms with Gasteiger partial charge >= 0.3 is 0 Å². The molecule has 0 fully saturated rings. The molecule has 0 unspecified atom stereocenters. The van der Waals surface area contributed by atoms with Crippen molar-refractivity contribution in [2.24, 2.45) is 4.99 Å². The minimum absolute atomic E-state index is 0.131. The van der Waals surface area contributed by atoms with E-state index >= 15 is 0 Å². The van der Waals surface area contributed by atoms with Crippen LogP contribution in [0, 0.1) is 11.5 Å². The number of hydrogen-bond donors (Lipinski definition) is 1. The number of ether oxygens (including phenoxy) is 1. The van der Waals surface area contributed by atoms with Gasteiger partial charge in [0.1, 0.15) is 16.9 Å². The summed E-state index contributed by atoms with van der Waals surface area (Å²) < 4.78 is 5.33. The van der Waals surface area contributed by atoms with E-state index in [2.05, 4.69) is 15.3 Å². The Morgan fingerprint density at radius 3 is 2.76 bits per heavy atom. The first-order valence-corrected chi connectivity index (χ1v) is 6.83. The molecule has 1 heterocycles. The van der Waals surface area contributed by atoms with E-state index in [1.165, 1.54) is 0 Å². The van der Waals surface area contributed by atoms with E-state index in [-0.39, 0.29) is 22.9 Å². The number of nitrogens with one attached hydrogen (secondary N) is 1. The standard InChI is InChI=1S/C14H14Cl2N4O/c1-2-3-4-5-6-21-14(19-10-17)18-9-11-7-12(15)20-13(16)8-11/h2-5,7-8H,6,9H2,1H3,(H,18,19)/b3-2-,5-4-. The van der Waals surface area contributed by atoms with Gasteiger partial charge in [-0.1, -0.05) is 41.4 Å². The molecule has 0 saturated heterocycles. The molecule has 0 aromatic carbocycles. The molecule has 0 atom stereocenters. The highest BCUT2D eigenvalue weighted by Gasteiger charge is 2.01. The summed E-state index contributed by atoms with van der Waals surface area (Å²) in [5, 5.41) is 11.6. The summed E-state index contributed by atoms with van der Waals surface area (Å²) in [6.07, 6.45) is 9.18. The van der Waals surface area contributed by atoms with Gasteiger partial charge in [-0.25, -0.2) is 15.3 Å². The van der Waals surface area contributed by atoms with Crippen LogP contribution < -0.4 is 5.32 Å². The molecular formula is C14H14Cl2N4O. The molecular weight excluding hydrogens is 311 g/mol. The Hall–Kier alpha value is -2.03. The van der Waals surface area contributed by atoms with Crippen LogP contribution in [0.25, 0.3) is 0 Å². The number of nitriles is 1. The molecule has 1 rings (SSSR count). The van der Waals surface area contributed by atoms with E-state index in [0.29, 0.717) is 6.61 Å². The molecule has 1 N–H and O–H groups in total. The van der Waals surface area contributed by atoms with Gasteiger partial charge < -0.3 is 4.74 Å². The van der Waals surface area contributed by atoms with Crippen LogP contribution in [0.3, 0.4) is 0 Å². The van der Waals surface area contributed by atoms with Crippen molar-refractivity contribution in [1.29, 1.82) is 5.26 Å². The fourth-order valence-corrected chi connectivity index (χ4v) is 1.82. The predicted molar refractivity (Wildman–Crippen MR) is 84.1 cm³/mol. The minimum Gasteiger partial charge on any atom is -0.460 e. The molecule has 21 heavy (non-hydrogen) atoms. The Balaban J connectivity index is 2.64. The van der Waals surface area contributed by atoms with Crippen LogP contribution in [-0.2, 0) is 11.3 Å². The van der Waals surface area contributed by atoms with Crippen molar-refractivity contribution in [3.63, 3.8) is 0 Å². The zero-order chi connectivity index (χ0) is 15.5. The molecule has 1 aromatic rings. The summed E-state index contributed by atoms with van der Waals surface area (Å²) >= 11 is 11.6. The van der Waals surface area contributed by atoms with Gasteiger partial charge in [-0.15, -0.1) is 0 Å². The molecule has 0 aliphatic rings. The second-order valence-corrected chi connectivity index (χ2v) is 4.52. The third-order valence-electron chi connectivity index (χ3n) is 2.15. The quantitative estimate of drug-likeness (QED) is 0.225. The lowest BCUT2D eigenvalue weighted by Gasteiger charge is -2.05. The van der Waals surface area contributed by atoms with Crippen molar-refractivity contribution in [1.82, 2.24) is 10.3 Å². The molecule has 7 heteroatoms. The number of nitrogens with zero attached hydrogens (tertiary/aromatic N) is 3. The first kappa shape index (κ1) is 17.0. The lowest BCUT2D eigenvalue weighted by atomic mass is 10.3. The normalized spacial score (nSPS) is 11.8. The summed E-state index contributed by atoms with van der Waals surface area (Å²) in [6.45, 7) is 2.49. The summed E-state index contributed by atoms with van der Waals surface area (Å²) in [5.41, 5.74) is 0.769. The first-order valence-electron chi connectivity index (χ1n) is 6.08. The van der Waals surface area contributed by atoms with Gasteiger partial charge in [0, 0.05) is 0 Å². The maximum absolute atomic E-state index is 8.66. The molecule has 0 saturated carbocycles. The number of rotatable bonds is 5. The SMILES string of the molecule is C/C=C\C=C/COC(=NCc1cc(Cl)nc(Cl)c1)NC#N. The summed E-state index contributed by atoms with van der Waals surface area (Å²) in [7, 11) is 0. The lowest BCUT2D eigenvalue weighted by molar-refractivity contribution is 0.335. The van der Waals surface area contributed by atoms with Crippen molar-refractivity contribution in [2.45, 2.75) is 13.5 Å². The molecule has 0 aliphatic heterocycles. The average Bonchev–Trinajstić information content (AvgIpc) is 2.43. The maximum Gasteiger partial charge on any atom is 0.298 e. The van der Waals surface area contributed by atoms with Gasteiger partial charge in [0.2, 0.25) is 0 Å². The van der Waals surface area contributed by atoms with E-state index in [4.69, 9.17) is 33.2 Å². The smallest absolute Gasteiger partial charge is 0.298 e. The number of pyridine rings is 1. The Kier molecular flexibility index (Phi) is 7.95. The molecule has 0 spiro atoms. The van der Waals surface area contributed by atoms with Gasteiger partial charge in [0.15, 0.2) is 6.19 Å². The van der Waals surface area contributed by atoms with Crippen molar-refractivity contribution in [3.8, 4) is 6.19 Å². The lowest BCUT2D eigenvalue weighted by Crippen LogP contribution is -2.21. The summed E-state index contributed by atoms with van der Waals surface area (Å²) in [6, 6.07) is 3.42. The fraction of sp³-hybridized carbons (Fsp3) is 0.214. The summed E-state index contributed by atoms with van der Waals surface area (Å²) in [5.74, 6) is 0. The number of aromatic nitrogens is 1. The Labute approximate surface area is 133 Å². The van der Waals surface area contributed by atoms with Crippen molar-refractivity contribution >= 4 is 29.2 Å². The largest absolute Gasteiger partial charge is 0.460 e. The second kappa shape index (κ2) is 9.81. The van der Waals surface area contributed by atoms with Crippen LogP contribution >= 0.6 is 23.2 Å². The Morgan fingerprint density at radius 1 is 1.43 bits per heavy atom. The third-order valence-corrected chi connectivity index (χ3v) is 2.53. The van der Waals surface area contributed by atoms with Crippen molar-refractivity contribution in [2.75, 3.05) is 6.61 Å². The average molecular weight is 325 g/mol. The van der Waals surface area contributed by atoms with E-state index < -0.39 is 0 Å². The van der Waals surface area contributed by atoms with E-state index in [9.17, 15) is 0 Å². The van der Waals surface area contributed by atoms with E-state index in [1.807, 2.05) is 25.2 Å². The molecule has 0 amide bonds. The zero-order valence-electron chi connectivity index (χ0n) is 11.4. The van der Waals surface area contributed by atoms with Crippen LogP contribution in [-0.4, -0.2) is 17.6 Å². The third kappa shape index (κ3) is 7.35. The molecule has 5 nitrogen and oxygen atoms in total. The first-order chi connectivity index (χ1) is 10.2. The van der Waals surface area contributed by atoms with Gasteiger partial charge in [0.25, 0.3) is 6.02 Å². The number of allylic oxidation sites excluding steroid dienone is 3. The summed E-state index contributed by atoms with van der Waals surface area (Å²) in [4.78, 5) is 7.99. The Morgan fingerprint density at radius 2 is 2.14 bits per heavy atom. The van der Waals surface area contributed by atoms with Crippen LogP contribution in [0.2, 0.25) is 10.3 Å². The van der Waals surface area contributed by atoms with Crippen LogP contribution in [0.4, 0.5) is 0 Å². The number of aliphatic imine (C=N–C) groups is 1. The second-order valence-electron chi connectivity index (χ2n) is 3.74. The minimum atomic E-state index is 0.131. The van der Waals surface area contributed by atoms with E-state index in [0.717, 1.165) is 5.56 Å². The molecule has 110 valence electrons. The highest BCUT2D eigenvalue weighted by Crippen LogP contribution is 2.15. The van der Waals surface area contributed by atoms with Crippen LogP contribution in [0.1, 0.15) is 12.5 Å². The van der Waals surface area contributed by atoms with Gasteiger partial charge in [-0.05, 0) is 30.7 Å². The van der Waals surface area contributed by atoms with Gasteiger partial charge in [-0.3, -0.25) is 0 Å². The van der Waals surface area contributed by atoms with Gasteiger partial charge in [-0.2, -0.15) is 5.26 Å². The Bertz CT molecular complexity index is 571. The number of amidine groups is 1. The molecule has 1 aromatic heterocycles. The molecule has 0 bridgehead atoms. The molecule has 0 aliphatic carbocycles. The van der Waals surface area contributed by atoms with Gasteiger partial charge in [0.05, 0.1) is 6.54 Å². The highest BCUT2D eigenvalue weighted by atomic mass is 35.5. The monoisotopic (exact) mass is 324 g/mol. The van der Waals surface area contributed by atoms with Crippen molar-refractivity contribution < 1.29 is 4.74 Å². The van der Waals surface area contributed by atoms with E-state index in [1.54, 1.807) is 24.4 Å². The molecule has 0 radical (unpaired) electrons.